The molecule has 3 heterocycles. The van der Waals surface area contributed by atoms with Crippen molar-refractivity contribution in [3.05, 3.63) is 52.7 Å². The monoisotopic (exact) mass is 517 g/mol. The van der Waals surface area contributed by atoms with Crippen LogP contribution in [0.1, 0.15) is 64.4 Å². The average molecular weight is 518 g/mol. The van der Waals surface area contributed by atoms with Gasteiger partial charge in [-0.3, -0.25) is 14.4 Å². The lowest BCUT2D eigenvalue weighted by molar-refractivity contribution is -0.138. The molecular formula is C26H30F3N5O3. The van der Waals surface area contributed by atoms with Crippen molar-refractivity contribution < 1.29 is 27.6 Å². The van der Waals surface area contributed by atoms with Crippen molar-refractivity contribution in [3.63, 3.8) is 0 Å². The molecule has 4 rings (SSSR count). The van der Waals surface area contributed by atoms with Gasteiger partial charge < -0.3 is 20.4 Å². The second kappa shape index (κ2) is 10.8. The number of carbonyl (C=O) groups is 3. The minimum absolute atomic E-state index is 0.0863. The van der Waals surface area contributed by atoms with Gasteiger partial charge in [0.2, 0.25) is 5.91 Å². The maximum Gasteiger partial charge on any atom is 0.417 e. The van der Waals surface area contributed by atoms with Crippen LogP contribution in [-0.2, 0) is 11.0 Å². The molecule has 198 valence electrons. The van der Waals surface area contributed by atoms with Crippen molar-refractivity contribution in [3.8, 4) is 0 Å². The van der Waals surface area contributed by atoms with E-state index in [2.05, 4.69) is 22.5 Å². The summed E-state index contributed by atoms with van der Waals surface area (Å²) in [7, 11) is 0. The lowest BCUT2D eigenvalue weighted by Gasteiger charge is -2.44. The van der Waals surface area contributed by atoms with Gasteiger partial charge in [0, 0.05) is 25.8 Å². The quantitative estimate of drug-likeness (QED) is 0.542. The van der Waals surface area contributed by atoms with Crippen LogP contribution in [0.4, 0.5) is 24.7 Å². The first-order chi connectivity index (χ1) is 17.6. The van der Waals surface area contributed by atoms with Crippen LogP contribution >= 0.6 is 0 Å². The Morgan fingerprint density at radius 1 is 1.14 bits per heavy atom. The van der Waals surface area contributed by atoms with Gasteiger partial charge in [0.1, 0.15) is 6.04 Å². The Morgan fingerprint density at radius 2 is 1.89 bits per heavy atom. The van der Waals surface area contributed by atoms with Crippen molar-refractivity contribution in [2.75, 3.05) is 36.4 Å². The first kappa shape index (κ1) is 26.4. The van der Waals surface area contributed by atoms with Gasteiger partial charge in [-0.15, -0.1) is 0 Å². The topological polar surface area (TPSA) is 94.6 Å². The van der Waals surface area contributed by atoms with E-state index in [1.54, 1.807) is 11.8 Å². The Hall–Kier alpha value is -3.63. The normalized spacial score (nSPS) is 17.1. The molecule has 1 unspecified atom stereocenters. The Bertz CT molecular complexity index is 1200. The van der Waals surface area contributed by atoms with Crippen LogP contribution in [0.15, 0.2) is 30.5 Å². The fourth-order valence-electron chi connectivity index (χ4n) is 4.77. The molecule has 1 aromatic carbocycles. The van der Waals surface area contributed by atoms with Crippen molar-refractivity contribution in [1.29, 1.82) is 0 Å². The number of anilines is 2. The first-order valence-electron chi connectivity index (χ1n) is 12.4. The summed E-state index contributed by atoms with van der Waals surface area (Å²) < 4.78 is 40.3. The molecule has 8 nitrogen and oxygen atoms in total. The van der Waals surface area contributed by atoms with E-state index in [0.29, 0.717) is 29.2 Å². The van der Waals surface area contributed by atoms with Gasteiger partial charge in [-0.2, -0.15) is 13.2 Å². The predicted molar refractivity (Wildman–Crippen MR) is 133 cm³/mol. The second-order valence-electron chi connectivity index (χ2n) is 9.30. The molecule has 37 heavy (non-hydrogen) atoms. The number of piperazine rings is 1. The van der Waals surface area contributed by atoms with Gasteiger partial charge in [-0.1, -0.05) is 38.3 Å². The minimum atomic E-state index is -4.67. The van der Waals surface area contributed by atoms with E-state index in [0.717, 1.165) is 37.8 Å². The summed E-state index contributed by atoms with van der Waals surface area (Å²) in [6.07, 6.45) is 0.928. The molecular weight excluding hydrogens is 487 g/mol. The van der Waals surface area contributed by atoms with Gasteiger partial charge in [0.25, 0.3) is 11.8 Å². The van der Waals surface area contributed by atoms with E-state index < -0.39 is 35.2 Å². The third kappa shape index (κ3) is 5.40. The molecule has 0 bridgehead atoms. The number of halogens is 3. The lowest BCUT2D eigenvalue weighted by Crippen LogP contribution is -2.61. The summed E-state index contributed by atoms with van der Waals surface area (Å²) in [5.74, 6) is -0.971. The van der Waals surface area contributed by atoms with Crippen LogP contribution in [-0.4, -0.2) is 59.8 Å². The van der Waals surface area contributed by atoms with Gasteiger partial charge in [-0.25, -0.2) is 4.98 Å². The van der Waals surface area contributed by atoms with Crippen molar-refractivity contribution in [1.82, 2.24) is 15.2 Å². The third-order valence-electron chi connectivity index (χ3n) is 6.83. The highest BCUT2D eigenvalue weighted by Crippen LogP contribution is 2.37. The highest BCUT2D eigenvalue weighted by atomic mass is 19.4. The van der Waals surface area contributed by atoms with E-state index in [1.807, 2.05) is 0 Å². The summed E-state index contributed by atoms with van der Waals surface area (Å²) in [4.78, 5) is 46.2. The SMILES string of the molecule is CCCCCCNC(=O)c1cnc2c(c1C)NC(=O)C1CN(C(=O)c3ccccc3C(F)(F)F)CCN21. The first-order valence-corrected chi connectivity index (χ1v) is 12.4. The highest BCUT2D eigenvalue weighted by Gasteiger charge is 2.42. The molecule has 1 aromatic heterocycles. The van der Waals surface area contributed by atoms with Gasteiger partial charge in [-0.05, 0) is 31.0 Å². The number of nitrogens with zero attached hydrogens (tertiary/aromatic N) is 3. The van der Waals surface area contributed by atoms with Crippen LogP contribution in [0, 0.1) is 6.92 Å². The lowest BCUT2D eigenvalue weighted by atomic mass is 10.0. The summed E-state index contributed by atoms with van der Waals surface area (Å²) in [6, 6.07) is 3.83. The Labute approximate surface area is 213 Å². The number of carbonyl (C=O) groups excluding carboxylic acids is 3. The number of alkyl halides is 3. The van der Waals surface area contributed by atoms with Crippen LogP contribution in [0.5, 0.6) is 0 Å². The molecule has 2 aliphatic rings. The molecule has 2 aliphatic heterocycles. The maximum absolute atomic E-state index is 13.4. The predicted octanol–water partition coefficient (Wildman–Crippen LogP) is 4.00. The second-order valence-corrected chi connectivity index (χ2v) is 9.30. The van der Waals surface area contributed by atoms with Crippen LogP contribution in [0.3, 0.4) is 0 Å². The van der Waals surface area contributed by atoms with E-state index in [4.69, 9.17) is 0 Å². The molecule has 2 aromatic rings. The highest BCUT2D eigenvalue weighted by molar-refractivity contribution is 6.07. The number of benzene rings is 1. The molecule has 2 N–H and O–H groups in total. The molecule has 0 saturated carbocycles. The van der Waals surface area contributed by atoms with E-state index in [-0.39, 0.29) is 25.5 Å². The zero-order valence-corrected chi connectivity index (χ0v) is 20.8. The summed E-state index contributed by atoms with van der Waals surface area (Å²) in [5, 5.41) is 5.69. The van der Waals surface area contributed by atoms with E-state index >= 15 is 0 Å². The summed E-state index contributed by atoms with van der Waals surface area (Å²) in [5.41, 5.74) is -0.0678. The number of unbranched alkanes of at least 4 members (excludes halogenated alkanes) is 3. The number of aromatic nitrogens is 1. The molecule has 0 aliphatic carbocycles. The van der Waals surface area contributed by atoms with E-state index in [9.17, 15) is 27.6 Å². The zero-order chi connectivity index (χ0) is 26.7. The zero-order valence-electron chi connectivity index (χ0n) is 20.8. The fraction of sp³-hybridized carbons (Fsp3) is 0.462. The molecule has 0 radical (unpaired) electrons. The van der Waals surface area contributed by atoms with Crippen LogP contribution in [0.25, 0.3) is 0 Å². The number of rotatable bonds is 7. The summed E-state index contributed by atoms with van der Waals surface area (Å²) in [6.45, 7) is 4.65. The number of fused-ring (bicyclic) bond motifs is 3. The minimum Gasteiger partial charge on any atom is -0.352 e. The molecule has 0 spiro atoms. The smallest absolute Gasteiger partial charge is 0.352 e. The molecule has 1 atom stereocenters. The van der Waals surface area contributed by atoms with Gasteiger partial charge in [0.15, 0.2) is 5.82 Å². The van der Waals surface area contributed by atoms with Crippen LogP contribution < -0.4 is 15.5 Å². The van der Waals surface area contributed by atoms with Gasteiger partial charge >= 0.3 is 6.18 Å². The molecule has 1 saturated heterocycles. The number of hydrogen-bond acceptors (Lipinski definition) is 5. The van der Waals surface area contributed by atoms with Crippen LogP contribution in [0.2, 0.25) is 0 Å². The number of amides is 3. The average Bonchev–Trinajstić information content (AvgIpc) is 2.88. The van der Waals surface area contributed by atoms with Crippen molar-refractivity contribution in [2.24, 2.45) is 0 Å². The van der Waals surface area contributed by atoms with Crippen molar-refractivity contribution in [2.45, 2.75) is 51.7 Å². The molecule has 3 amide bonds. The largest absolute Gasteiger partial charge is 0.417 e. The van der Waals surface area contributed by atoms with Gasteiger partial charge in [0.05, 0.1) is 28.9 Å². The van der Waals surface area contributed by atoms with Crippen molar-refractivity contribution >= 4 is 29.2 Å². The third-order valence-corrected chi connectivity index (χ3v) is 6.83. The molecule has 11 heteroatoms. The number of pyridine rings is 1. The number of hydrogen-bond donors (Lipinski definition) is 2. The maximum atomic E-state index is 13.4. The van der Waals surface area contributed by atoms with E-state index in [1.165, 1.54) is 23.2 Å². The Balaban J connectivity index is 1.50. The fourth-order valence-corrected chi connectivity index (χ4v) is 4.77. The number of nitrogens with one attached hydrogen (secondary N) is 2. The standard InChI is InChI=1S/C26H30F3N5O3/c1-3-4-5-8-11-30-23(35)18-14-31-22-21(16(18)2)32-24(36)20-15-33(12-13-34(20)22)25(37)17-9-6-7-10-19(17)26(27,28)29/h6-7,9-10,14,20H,3-5,8,11-13,15H2,1-2H3,(H,30,35)(H,32,36). The Morgan fingerprint density at radius 3 is 2.62 bits per heavy atom. The Kier molecular flexibility index (Phi) is 7.70. The summed E-state index contributed by atoms with van der Waals surface area (Å²) >= 11 is 0. The molecule has 1 fully saturated rings.